The highest BCUT2D eigenvalue weighted by atomic mass is 79.9. The van der Waals surface area contributed by atoms with Crippen LogP contribution in [0.25, 0.3) is 0 Å². The summed E-state index contributed by atoms with van der Waals surface area (Å²) in [5.74, 6) is 1.70. The highest BCUT2D eigenvalue weighted by Crippen LogP contribution is 2.24. The summed E-state index contributed by atoms with van der Waals surface area (Å²) in [4.78, 5) is 14.4. The molecule has 0 radical (unpaired) electrons. The van der Waals surface area contributed by atoms with Gasteiger partial charge in [-0.15, -0.1) is 0 Å². The number of benzene rings is 1. The molecule has 1 aromatic carbocycles. The van der Waals surface area contributed by atoms with Crippen LogP contribution in [-0.2, 0) is 9.53 Å². The Morgan fingerprint density at radius 2 is 1.93 bits per heavy atom. The van der Waals surface area contributed by atoms with Crippen LogP contribution in [-0.4, -0.2) is 75.4 Å². The number of halogens is 1. The monoisotopic (exact) mass is 442 g/mol. The summed E-state index contributed by atoms with van der Waals surface area (Å²) >= 11 is 0. The van der Waals surface area contributed by atoms with Crippen molar-refractivity contribution in [1.29, 1.82) is 0 Å². The lowest BCUT2D eigenvalue weighted by atomic mass is 10.0. The van der Waals surface area contributed by atoms with Crippen LogP contribution in [0, 0.1) is 6.92 Å². The number of likely N-dealkylation sites (N-methyl/N-ethyl adjacent to an activating group) is 1. The van der Waals surface area contributed by atoms with Crippen LogP contribution in [0.3, 0.4) is 0 Å². The zero-order valence-electron chi connectivity index (χ0n) is 17.5. The summed E-state index contributed by atoms with van der Waals surface area (Å²) in [6, 6.07) is 6.46. The molecule has 0 aliphatic carbocycles. The summed E-state index contributed by atoms with van der Waals surface area (Å²) in [5, 5.41) is 0. The first-order valence-electron chi connectivity index (χ1n) is 9.69. The fraction of sp³-hybridized carbons (Fsp3) is 0.667. The van der Waals surface area contributed by atoms with Crippen molar-refractivity contribution in [2.75, 3.05) is 60.1 Å². The van der Waals surface area contributed by atoms with Crippen LogP contribution in [0.1, 0.15) is 37.3 Å². The molecule has 1 aliphatic rings. The van der Waals surface area contributed by atoms with Crippen molar-refractivity contribution >= 4 is 5.91 Å². The number of hydrogen-bond donors (Lipinski definition) is 0. The second-order valence-corrected chi connectivity index (χ2v) is 8.19. The molecule has 154 valence electrons. The fourth-order valence-corrected chi connectivity index (χ4v) is 3.16. The molecule has 0 spiro atoms. The Kier molecular flexibility index (Phi) is 9.77. The SMILES string of the molecule is Cc1ccc(C(C)C)cc1OCCC[N+](C)(C)CC(=O)N1CCOCC1.[Br-]. The standard InChI is InChI=1S/C21H35N2O3.BrH/c1-17(2)19-8-7-18(3)20(15-19)26-12-6-11-23(4,5)16-21(24)22-9-13-25-14-10-22;/h7-8,15,17H,6,9-14,16H2,1-5H3;1H/q+1;/p-1. The minimum atomic E-state index is 0. The molecule has 6 heteroatoms. The first kappa shape index (κ1) is 23.9. The Bertz CT molecular complexity index is 599. The normalized spacial score (nSPS) is 14.8. The van der Waals surface area contributed by atoms with Crippen LogP contribution in [0.4, 0.5) is 0 Å². The number of rotatable bonds is 8. The van der Waals surface area contributed by atoms with E-state index in [1.54, 1.807) is 0 Å². The summed E-state index contributed by atoms with van der Waals surface area (Å²) in [5.41, 5.74) is 2.48. The van der Waals surface area contributed by atoms with Crippen molar-refractivity contribution in [3.8, 4) is 5.75 Å². The van der Waals surface area contributed by atoms with E-state index in [1.807, 2.05) is 4.90 Å². The number of quaternary nitrogens is 1. The van der Waals surface area contributed by atoms with Gasteiger partial charge in [-0.1, -0.05) is 26.0 Å². The molecule has 1 aliphatic heterocycles. The second kappa shape index (κ2) is 11.0. The Labute approximate surface area is 175 Å². The van der Waals surface area contributed by atoms with Gasteiger partial charge in [-0.2, -0.15) is 0 Å². The van der Waals surface area contributed by atoms with Gasteiger partial charge in [0.25, 0.3) is 5.91 Å². The molecule has 0 aromatic heterocycles. The van der Waals surface area contributed by atoms with Gasteiger partial charge >= 0.3 is 0 Å². The summed E-state index contributed by atoms with van der Waals surface area (Å²) < 4.78 is 12.0. The molecule has 1 fully saturated rings. The average molecular weight is 443 g/mol. The molecule has 27 heavy (non-hydrogen) atoms. The molecule has 0 atom stereocenters. The van der Waals surface area contributed by atoms with E-state index < -0.39 is 0 Å². The largest absolute Gasteiger partial charge is 1.00 e. The molecule has 1 amide bonds. The quantitative estimate of drug-likeness (QED) is 0.414. The van der Waals surface area contributed by atoms with Crippen LogP contribution >= 0.6 is 0 Å². The first-order valence-corrected chi connectivity index (χ1v) is 9.69. The Morgan fingerprint density at radius 3 is 2.56 bits per heavy atom. The predicted molar refractivity (Wildman–Crippen MR) is 105 cm³/mol. The molecule has 5 nitrogen and oxygen atoms in total. The molecule has 1 aromatic rings. The lowest BCUT2D eigenvalue weighted by Crippen LogP contribution is -3.00. The van der Waals surface area contributed by atoms with Gasteiger partial charge in [-0.25, -0.2) is 0 Å². The molecule has 2 rings (SSSR count). The molecule has 0 saturated carbocycles. The minimum Gasteiger partial charge on any atom is -1.00 e. The van der Waals surface area contributed by atoms with Gasteiger partial charge < -0.3 is 35.8 Å². The average Bonchev–Trinajstić information content (AvgIpc) is 2.60. The fourth-order valence-electron chi connectivity index (χ4n) is 3.16. The van der Waals surface area contributed by atoms with Crippen molar-refractivity contribution in [3.63, 3.8) is 0 Å². The zero-order valence-corrected chi connectivity index (χ0v) is 19.0. The Hall–Kier alpha value is -1.11. The van der Waals surface area contributed by atoms with Crippen molar-refractivity contribution in [3.05, 3.63) is 29.3 Å². The number of carbonyl (C=O) groups excluding carboxylic acids is 1. The number of nitrogens with zero attached hydrogens (tertiary/aromatic N) is 2. The van der Waals surface area contributed by atoms with Crippen molar-refractivity contribution in [2.24, 2.45) is 0 Å². The predicted octanol–water partition coefficient (Wildman–Crippen LogP) is -0.173. The third kappa shape index (κ3) is 7.80. The molecule has 0 unspecified atom stereocenters. The van der Waals surface area contributed by atoms with Gasteiger partial charge in [0.2, 0.25) is 0 Å². The van der Waals surface area contributed by atoms with E-state index in [0.29, 0.717) is 49.9 Å². The molecule has 0 N–H and O–H groups in total. The maximum Gasteiger partial charge on any atom is 0.277 e. The van der Waals surface area contributed by atoms with E-state index in [2.05, 4.69) is 53.1 Å². The first-order chi connectivity index (χ1) is 12.3. The zero-order chi connectivity index (χ0) is 19.2. The van der Waals surface area contributed by atoms with Crippen molar-refractivity contribution in [2.45, 2.75) is 33.1 Å². The van der Waals surface area contributed by atoms with E-state index in [0.717, 1.165) is 18.7 Å². The topological polar surface area (TPSA) is 38.8 Å². The number of aryl methyl sites for hydroxylation is 1. The second-order valence-electron chi connectivity index (χ2n) is 8.19. The smallest absolute Gasteiger partial charge is 0.277 e. The van der Waals surface area contributed by atoms with Crippen molar-refractivity contribution in [1.82, 2.24) is 4.90 Å². The number of carbonyl (C=O) groups is 1. The summed E-state index contributed by atoms with van der Waals surface area (Å²) in [6.07, 6.45) is 0.925. The van der Waals surface area contributed by atoms with Crippen LogP contribution in [0.2, 0.25) is 0 Å². The summed E-state index contributed by atoms with van der Waals surface area (Å²) in [7, 11) is 4.23. The number of hydrogen-bond acceptors (Lipinski definition) is 3. The van der Waals surface area contributed by atoms with Crippen LogP contribution < -0.4 is 21.7 Å². The molecular weight excluding hydrogens is 408 g/mol. The lowest BCUT2D eigenvalue weighted by molar-refractivity contribution is -0.882. The molecule has 1 heterocycles. The van der Waals surface area contributed by atoms with Crippen LogP contribution in [0.5, 0.6) is 5.75 Å². The van der Waals surface area contributed by atoms with E-state index in [1.165, 1.54) is 11.1 Å². The van der Waals surface area contributed by atoms with Crippen molar-refractivity contribution < 1.29 is 35.7 Å². The maximum absolute atomic E-state index is 12.4. The molecular formula is C21H35BrN2O3. The Morgan fingerprint density at radius 1 is 1.26 bits per heavy atom. The number of morpholine rings is 1. The van der Waals surface area contributed by atoms with Crippen LogP contribution in [0.15, 0.2) is 18.2 Å². The van der Waals surface area contributed by atoms with Gasteiger partial charge in [0, 0.05) is 19.5 Å². The maximum atomic E-state index is 12.4. The van der Waals surface area contributed by atoms with E-state index in [4.69, 9.17) is 9.47 Å². The van der Waals surface area contributed by atoms with Gasteiger partial charge in [-0.05, 0) is 30.0 Å². The molecule has 1 saturated heterocycles. The van der Waals surface area contributed by atoms with Gasteiger partial charge in [0.1, 0.15) is 5.75 Å². The van der Waals surface area contributed by atoms with Gasteiger partial charge in [0.05, 0.1) is 40.5 Å². The Balaban J connectivity index is 0.00000364. The third-order valence-electron chi connectivity index (χ3n) is 4.97. The third-order valence-corrected chi connectivity index (χ3v) is 4.97. The highest BCUT2D eigenvalue weighted by Gasteiger charge is 2.25. The van der Waals surface area contributed by atoms with E-state index in [-0.39, 0.29) is 22.9 Å². The lowest BCUT2D eigenvalue weighted by Gasteiger charge is -2.33. The molecule has 0 bridgehead atoms. The van der Waals surface area contributed by atoms with Gasteiger partial charge in [-0.3, -0.25) is 4.79 Å². The summed E-state index contributed by atoms with van der Waals surface area (Å²) in [6.45, 7) is 11.3. The van der Waals surface area contributed by atoms with Gasteiger partial charge in [0.15, 0.2) is 6.54 Å². The highest BCUT2D eigenvalue weighted by molar-refractivity contribution is 5.77. The van der Waals surface area contributed by atoms with E-state index >= 15 is 0 Å². The minimum absolute atomic E-state index is 0. The number of ether oxygens (including phenoxy) is 2. The van der Waals surface area contributed by atoms with E-state index in [9.17, 15) is 4.79 Å². The number of amides is 1.